The minimum Gasteiger partial charge on any atom is -0.494 e. The molecule has 1 N–H and O–H groups in total. The zero-order valence-electron chi connectivity index (χ0n) is 14.6. The molecule has 0 bridgehead atoms. The van der Waals surface area contributed by atoms with Crippen molar-refractivity contribution in [2.75, 3.05) is 6.61 Å². The zero-order valence-corrected chi connectivity index (χ0v) is 14.6. The Kier molecular flexibility index (Phi) is 5.26. The van der Waals surface area contributed by atoms with E-state index in [1.807, 2.05) is 20.8 Å². The molecule has 1 saturated heterocycles. The van der Waals surface area contributed by atoms with E-state index in [-0.39, 0.29) is 18.2 Å². The van der Waals surface area contributed by atoms with Crippen molar-refractivity contribution in [1.29, 1.82) is 0 Å². The van der Waals surface area contributed by atoms with Crippen LogP contribution >= 0.6 is 0 Å². The number of nitrogens with one attached hydrogen (secondary N) is 1. The Labute approximate surface area is 142 Å². The largest absolute Gasteiger partial charge is 0.494 e. The van der Waals surface area contributed by atoms with Gasteiger partial charge in [0.05, 0.1) is 13.2 Å². The molecular formula is C18H24N2O4. The van der Waals surface area contributed by atoms with Gasteiger partial charge in [-0.25, -0.2) is 4.79 Å². The summed E-state index contributed by atoms with van der Waals surface area (Å²) in [4.78, 5) is 37.9. The van der Waals surface area contributed by atoms with E-state index in [4.69, 9.17) is 4.74 Å². The van der Waals surface area contributed by atoms with Crippen LogP contribution in [0.15, 0.2) is 18.2 Å². The van der Waals surface area contributed by atoms with Crippen molar-refractivity contribution >= 4 is 17.7 Å². The highest BCUT2D eigenvalue weighted by Crippen LogP contribution is 2.29. The van der Waals surface area contributed by atoms with Gasteiger partial charge in [-0.15, -0.1) is 0 Å². The smallest absolute Gasteiger partial charge is 0.325 e. The van der Waals surface area contributed by atoms with Crippen molar-refractivity contribution in [3.63, 3.8) is 0 Å². The molecule has 6 nitrogen and oxygen atoms in total. The SMILES string of the molecule is CCOc1ccc(C(C)=O)cc1CN1C(=O)NC(CC)(CC)C1=O. The third-order valence-electron chi connectivity index (χ3n) is 4.55. The molecule has 24 heavy (non-hydrogen) atoms. The first-order chi connectivity index (χ1) is 11.4. The zero-order chi connectivity index (χ0) is 17.9. The minimum absolute atomic E-state index is 0.0760. The van der Waals surface area contributed by atoms with E-state index in [9.17, 15) is 14.4 Å². The van der Waals surface area contributed by atoms with Gasteiger partial charge < -0.3 is 10.1 Å². The molecule has 0 aliphatic carbocycles. The van der Waals surface area contributed by atoms with E-state index in [2.05, 4.69) is 5.32 Å². The van der Waals surface area contributed by atoms with Gasteiger partial charge in [0.25, 0.3) is 5.91 Å². The van der Waals surface area contributed by atoms with E-state index in [1.54, 1.807) is 18.2 Å². The Balaban J connectivity index is 2.36. The maximum Gasteiger partial charge on any atom is 0.325 e. The van der Waals surface area contributed by atoms with E-state index in [0.29, 0.717) is 36.3 Å². The van der Waals surface area contributed by atoms with Crippen LogP contribution in [0.4, 0.5) is 4.79 Å². The van der Waals surface area contributed by atoms with Crippen molar-refractivity contribution in [2.24, 2.45) is 0 Å². The number of ether oxygens (including phenoxy) is 1. The van der Waals surface area contributed by atoms with Crippen LogP contribution in [0, 0.1) is 0 Å². The van der Waals surface area contributed by atoms with E-state index in [1.165, 1.54) is 11.8 Å². The van der Waals surface area contributed by atoms with Crippen molar-refractivity contribution < 1.29 is 19.1 Å². The number of Topliss-reactive ketones (excluding diaryl/α,β-unsaturated/α-hetero) is 1. The molecule has 3 amide bonds. The molecule has 1 aromatic rings. The predicted molar refractivity (Wildman–Crippen MR) is 90.0 cm³/mol. The summed E-state index contributed by atoms with van der Waals surface area (Å²) in [6.07, 6.45) is 1.08. The number of benzene rings is 1. The van der Waals surface area contributed by atoms with Crippen molar-refractivity contribution in [3.05, 3.63) is 29.3 Å². The number of hydrogen-bond acceptors (Lipinski definition) is 4. The summed E-state index contributed by atoms with van der Waals surface area (Å²) in [5, 5.41) is 2.81. The fourth-order valence-corrected chi connectivity index (χ4v) is 2.94. The Morgan fingerprint density at radius 1 is 1.21 bits per heavy atom. The number of urea groups is 1. The summed E-state index contributed by atoms with van der Waals surface area (Å²) in [6.45, 7) is 7.64. The van der Waals surface area contributed by atoms with Crippen LogP contribution in [0.2, 0.25) is 0 Å². The summed E-state index contributed by atoms with van der Waals surface area (Å²) in [5.74, 6) is 0.273. The number of rotatable bonds is 7. The minimum atomic E-state index is -0.832. The third-order valence-corrected chi connectivity index (χ3v) is 4.55. The molecule has 1 aliphatic heterocycles. The molecule has 0 atom stereocenters. The molecule has 6 heteroatoms. The first-order valence-corrected chi connectivity index (χ1v) is 8.29. The maximum absolute atomic E-state index is 12.7. The number of carbonyl (C=O) groups excluding carboxylic acids is 3. The van der Waals surface area contributed by atoms with Gasteiger partial charge in [-0.2, -0.15) is 0 Å². The quantitative estimate of drug-likeness (QED) is 0.615. The second kappa shape index (κ2) is 7.03. The molecule has 0 saturated carbocycles. The average Bonchev–Trinajstić information content (AvgIpc) is 2.81. The summed E-state index contributed by atoms with van der Waals surface area (Å²) in [6, 6.07) is 4.68. The van der Waals surface area contributed by atoms with Crippen LogP contribution in [0.1, 0.15) is 56.5 Å². The van der Waals surface area contributed by atoms with Crippen molar-refractivity contribution in [1.82, 2.24) is 10.2 Å². The van der Waals surface area contributed by atoms with Gasteiger partial charge in [0.15, 0.2) is 5.78 Å². The fourth-order valence-electron chi connectivity index (χ4n) is 2.94. The first kappa shape index (κ1) is 18.0. The van der Waals surface area contributed by atoms with Gasteiger partial charge in [0.1, 0.15) is 11.3 Å². The molecule has 1 fully saturated rings. The highest BCUT2D eigenvalue weighted by atomic mass is 16.5. The number of amides is 3. The second-order valence-electron chi connectivity index (χ2n) is 5.92. The molecule has 0 spiro atoms. The van der Waals surface area contributed by atoms with Crippen LogP contribution in [0.5, 0.6) is 5.75 Å². The van der Waals surface area contributed by atoms with Gasteiger partial charge in [-0.1, -0.05) is 13.8 Å². The van der Waals surface area contributed by atoms with Crippen LogP contribution in [-0.2, 0) is 11.3 Å². The normalized spacial score (nSPS) is 16.2. The summed E-state index contributed by atoms with van der Waals surface area (Å²) >= 11 is 0. The Bertz CT molecular complexity index is 665. The monoisotopic (exact) mass is 332 g/mol. The van der Waals surface area contributed by atoms with Gasteiger partial charge >= 0.3 is 6.03 Å². The first-order valence-electron chi connectivity index (χ1n) is 8.29. The van der Waals surface area contributed by atoms with Crippen molar-refractivity contribution in [3.8, 4) is 5.75 Å². The van der Waals surface area contributed by atoms with Gasteiger partial charge in [-0.05, 0) is 44.9 Å². The van der Waals surface area contributed by atoms with E-state index < -0.39 is 11.6 Å². The molecular weight excluding hydrogens is 308 g/mol. The molecule has 2 rings (SSSR count). The number of carbonyl (C=O) groups is 3. The highest BCUT2D eigenvalue weighted by molar-refractivity contribution is 6.07. The van der Waals surface area contributed by atoms with Gasteiger partial charge in [0, 0.05) is 11.1 Å². The van der Waals surface area contributed by atoms with Crippen LogP contribution in [0.25, 0.3) is 0 Å². The molecule has 0 radical (unpaired) electrons. The lowest BCUT2D eigenvalue weighted by atomic mass is 9.93. The molecule has 0 unspecified atom stereocenters. The standard InChI is InChI=1S/C18H24N2O4/c1-5-18(6-2)16(22)20(17(23)19-18)11-14-10-13(12(4)21)8-9-15(14)24-7-3/h8-10H,5-7,11H2,1-4H3,(H,19,23). The highest BCUT2D eigenvalue weighted by Gasteiger charge is 2.48. The predicted octanol–water partition coefficient (Wildman–Crippen LogP) is 2.90. The maximum atomic E-state index is 12.7. The number of nitrogens with zero attached hydrogens (tertiary/aromatic N) is 1. The molecule has 1 aromatic carbocycles. The summed E-state index contributed by atoms with van der Waals surface area (Å²) < 4.78 is 5.58. The van der Waals surface area contributed by atoms with Crippen molar-refractivity contribution in [2.45, 2.75) is 52.6 Å². The van der Waals surface area contributed by atoms with Crippen LogP contribution in [-0.4, -0.2) is 34.8 Å². The van der Waals surface area contributed by atoms with E-state index in [0.717, 1.165) is 0 Å². The van der Waals surface area contributed by atoms with Gasteiger partial charge in [0.2, 0.25) is 0 Å². The number of hydrogen-bond donors (Lipinski definition) is 1. The number of ketones is 1. The van der Waals surface area contributed by atoms with Crippen LogP contribution < -0.4 is 10.1 Å². The fraction of sp³-hybridized carbons (Fsp3) is 0.500. The Hall–Kier alpha value is -2.37. The second-order valence-corrected chi connectivity index (χ2v) is 5.92. The lowest BCUT2D eigenvalue weighted by Crippen LogP contribution is -2.45. The topological polar surface area (TPSA) is 75.7 Å². The summed E-state index contributed by atoms with van der Waals surface area (Å²) in [5.41, 5.74) is 0.343. The molecule has 1 heterocycles. The van der Waals surface area contributed by atoms with Gasteiger partial charge in [-0.3, -0.25) is 14.5 Å². The third kappa shape index (κ3) is 3.13. The Morgan fingerprint density at radius 2 is 1.88 bits per heavy atom. The van der Waals surface area contributed by atoms with Crippen LogP contribution in [0.3, 0.4) is 0 Å². The summed E-state index contributed by atoms with van der Waals surface area (Å²) in [7, 11) is 0. The number of imide groups is 1. The molecule has 0 aromatic heterocycles. The molecule has 1 aliphatic rings. The van der Waals surface area contributed by atoms with E-state index >= 15 is 0 Å². The molecule has 130 valence electrons. The lowest BCUT2D eigenvalue weighted by molar-refractivity contribution is -0.132. The Morgan fingerprint density at radius 3 is 2.38 bits per heavy atom. The lowest BCUT2D eigenvalue weighted by Gasteiger charge is -2.23. The average molecular weight is 332 g/mol.